The molecule has 0 aliphatic rings. The van der Waals surface area contributed by atoms with Gasteiger partial charge in [0.25, 0.3) is 0 Å². The van der Waals surface area contributed by atoms with Gasteiger partial charge in [-0.3, -0.25) is 4.21 Å². The Bertz CT molecular complexity index is 330. The summed E-state index contributed by atoms with van der Waals surface area (Å²) in [5, 5.41) is 0. The average molecular weight is 205 g/mol. The zero-order valence-electron chi connectivity index (χ0n) is 6.80. The third kappa shape index (κ3) is 2.57. The summed E-state index contributed by atoms with van der Waals surface area (Å²) < 4.78 is 36.3. The molecule has 0 aromatic heterocycles. The van der Waals surface area contributed by atoms with E-state index in [1.165, 1.54) is 6.07 Å². The lowest BCUT2D eigenvalue weighted by atomic mass is 10.3. The van der Waals surface area contributed by atoms with E-state index in [0.717, 1.165) is 12.1 Å². The van der Waals surface area contributed by atoms with Crippen molar-refractivity contribution < 1.29 is 13.0 Å². The van der Waals surface area contributed by atoms with Crippen molar-refractivity contribution in [2.75, 3.05) is 12.3 Å². The lowest BCUT2D eigenvalue weighted by Gasteiger charge is -2.00. The molecule has 72 valence electrons. The van der Waals surface area contributed by atoms with Gasteiger partial charge in [-0.1, -0.05) is 0 Å². The van der Waals surface area contributed by atoms with Crippen LogP contribution < -0.4 is 5.73 Å². The van der Waals surface area contributed by atoms with Crippen molar-refractivity contribution >= 4 is 10.8 Å². The van der Waals surface area contributed by atoms with Gasteiger partial charge in [-0.05, 0) is 18.2 Å². The first-order valence-corrected chi connectivity index (χ1v) is 5.00. The number of hydrogen-bond acceptors (Lipinski definition) is 2. The highest BCUT2D eigenvalue weighted by molar-refractivity contribution is 7.85. The fourth-order valence-electron chi connectivity index (χ4n) is 0.843. The molecule has 1 aromatic rings. The van der Waals surface area contributed by atoms with Gasteiger partial charge in [-0.15, -0.1) is 0 Å². The van der Waals surface area contributed by atoms with E-state index in [2.05, 4.69) is 0 Å². The molecule has 1 unspecified atom stereocenters. The molecule has 0 amide bonds. The molecule has 0 spiro atoms. The number of benzene rings is 1. The second kappa shape index (κ2) is 4.43. The predicted octanol–water partition coefficient (Wildman–Crippen LogP) is 1.03. The van der Waals surface area contributed by atoms with Crippen LogP contribution in [0, 0.1) is 11.6 Å². The van der Waals surface area contributed by atoms with Crippen molar-refractivity contribution in [3.05, 3.63) is 29.8 Å². The highest BCUT2D eigenvalue weighted by Gasteiger charge is 2.06. The molecule has 0 aliphatic heterocycles. The van der Waals surface area contributed by atoms with Crippen LogP contribution in [0.15, 0.2) is 23.1 Å². The lowest BCUT2D eigenvalue weighted by molar-refractivity contribution is 0.505. The molecule has 0 heterocycles. The summed E-state index contributed by atoms with van der Waals surface area (Å²) >= 11 is 0. The molecule has 0 saturated heterocycles. The second-order valence-corrected chi connectivity index (χ2v) is 3.98. The first kappa shape index (κ1) is 10.3. The predicted molar refractivity (Wildman–Crippen MR) is 46.7 cm³/mol. The Labute approximate surface area is 77.2 Å². The van der Waals surface area contributed by atoms with Crippen molar-refractivity contribution in [1.82, 2.24) is 0 Å². The van der Waals surface area contributed by atoms with Gasteiger partial charge in [0, 0.05) is 17.2 Å². The molecule has 1 aromatic carbocycles. The van der Waals surface area contributed by atoms with E-state index < -0.39 is 22.4 Å². The largest absolute Gasteiger partial charge is 0.330 e. The van der Waals surface area contributed by atoms with Gasteiger partial charge in [-0.2, -0.15) is 0 Å². The summed E-state index contributed by atoms with van der Waals surface area (Å²) in [4.78, 5) is 0.268. The topological polar surface area (TPSA) is 43.1 Å². The molecule has 2 nitrogen and oxygen atoms in total. The highest BCUT2D eigenvalue weighted by atomic mass is 32.2. The Morgan fingerprint density at radius 3 is 2.54 bits per heavy atom. The van der Waals surface area contributed by atoms with Crippen LogP contribution in [0.4, 0.5) is 8.78 Å². The average Bonchev–Trinajstić information content (AvgIpc) is 2.10. The Morgan fingerprint density at radius 1 is 1.31 bits per heavy atom. The van der Waals surface area contributed by atoms with Crippen LogP contribution in [0.3, 0.4) is 0 Å². The van der Waals surface area contributed by atoms with Crippen LogP contribution in [-0.4, -0.2) is 16.5 Å². The minimum absolute atomic E-state index is 0.255. The third-order valence-electron chi connectivity index (χ3n) is 1.46. The van der Waals surface area contributed by atoms with E-state index in [9.17, 15) is 13.0 Å². The van der Waals surface area contributed by atoms with Crippen LogP contribution in [0.25, 0.3) is 0 Å². The Balaban J connectivity index is 2.90. The van der Waals surface area contributed by atoms with E-state index in [-0.39, 0.29) is 17.2 Å². The molecule has 1 rings (SSSR count). The van der Waals surface area contributed by atoms with Gasteiger partial charge >= 0.3 is 0 Å². The highest BCUT2D eigenvalue weighted by Crippen LogP contribution is 2.11. The Kier molecular flexibility index (Phi) is 3.50. The Morgan fingerprint density at radius 2 is 2.00 bits per heavy atom. The van der Waals surface area contributed by atoms with Gasteiger partial charge < -0.3 is 5.73 Å². The van der Waals surface area contributed by atoms with Gasteiger partial charge in [0.05, 0.1) is 10.8 Å². The Hall–Kier alpha value is -0.810. The summed E-state index contributed by atoms with van der Waals surface area (Å²) in [7, 11) is -1.33. The quantitative estimate of drug-likeness (QED) is 0.801. The standard InChI is InChI=1S/C8H9F2NOS/c9-7-2-1-6(5-8(7)10)13(12)4-3-11/h1-2,5H,3-4,11H2. The van der Waals surface area contributed by atoms with Crippen molar-refractivity contribution in [2.24, 2.45) is 5.73 Å². The summed E-state index contributed by atoms with van der Waals surface area (Å²) in [6, 6.07) is 3.18. The number of halogens is 2. The zero-order chi connectivity index (χ0) is 9.84. The SMILES string of the molecule is NCCS(=O)c1ccc(F)c(F)c1. The van der Waals surface area contributed by atoms with Crippen molar-refractivity contribution in [1.29, 1.82) is 0 Å². The monoisotopic (exact) mass is 205 g/mol. The van der Waals surface area contributed by atoms with Gasteiger partial charge in [0.2, 0.25) is 0 Å². The molecule has 2 N–H and O–H groups in total. The molecular weight excluding hydrogens is 196 g/mol. The summed E-state index contributed by atoms with van der Waals surface area (Å²) in [5.41, 5.74) is 5.17. The van der Waals surface area contributed by atoms with Gasteiger partial charge in [0.1, 0.15) is 0 Å². The van der Waals surface area contributed by atoms with E-state index in [1.54, 1.807) is 0 Å². The summed E-state index contributed by atoms with van der Waals surface area (Å²) in [5.74, 6) is -1.66. The first-order valence-electron chi connectivity index (χ1n) is 3.68. The minimum atomic E-state index is -1.33. The van der Waals surface area contributed by atoms with Crippen LogP contribution in [0.2, 0.25) is 0 Å². The summed E-state index contributed by atoms with van der Waals surface area (Å²) in [6.45, 7) is 0.256. The number of hydrogen-bond donors (Lipinski definition) is 1. The maximum atomic E-state index is 12.6. The van der Waals surface area contributed by atoms with Crippen molar-refractivity contribution in [2.45, 2.75) is 4.90 Å². The van der Waals surface area contributed by atoms with Crippen LogP contribution in [-0.2, 0) is 10.8 Å². The van der Waals surface area contributed by atoms with E-state index in [0.29, 0.717) is 0 Å². The normalized spacial score (nSPS) is 12.8. The molecule has 0 aliphatic carbocycles. The fourth-order valence-corrected chi connectivity index (χ4v) is 1.75. The van der Waals surface area contributed by atoms with Gasteiger partial charge in [-0.25, -0.2) is 8.78 Å². The summed E-state index contributed by atoms with van der Waals surface area (Å²) in [6.07, 6.45) is 0. The number of rotatable bonds is 3. The van der Waals surface area contributed by atoms with Gasteiger partial charge in [0.15, 0.2) is 11.6 Å². The molecule has 0 radical (unpaired) electrons. The lowest BCUT2D eigenvalue weighted by Crippen LogP contribution is -2.10. The molecule has 0 fully saturated rings. The van der Waals surface area contributed by atoms with Crippen LogP contribution in [0.1, 0.15) is 0 Å². The molecule has 0 bridgehead atoms. The van der Waals surface area contributed by atoms with E-state index in [1.807, 2.05) is 0 Å². The zero-order valence-corrected chi connectivity index (χ0v) is 7.61. The maximum Gasteiger partial charge on any atom is 0.160 e. The first-order chi connectivity index (χ1) is 6.15. The molecule has 0 saturated carbocycles. The van der Waals surface area contributed by atoms with Crippen LogP contribution in [0.5, 0.6) is 0 Å². The van der Waals surface area contributed by atoms with E-state index in [4.69, 9.17) is 5.73 Å². The van der Waals surface area contributed by atoms with Crippen molar-refractivity contribution in [3.63, 3.8) is 0 Å². The molecule has 5 heteroatoms. The van der Waals surface area contributed by atoms with E-state index >= 15 is 0 Å². The van der Waals surface area contributed by atoms with Crippen molar-refractivity contribution in [3.8, 4) is 0 Å². The minimum Gasteiger partial charge on any atom is -0.330 e. The second-order valence-electron chi connectivity index (χ2n) is 2.41. The fraction of sp³-hybridized carbons (Fsp3) is 0.250. The maximum absolute atomic E-state index is 12.6. The smallest absolute Gasteiger partial charge is 0.160 e. The molecular formula is C8H9F2NOS. The van der Waals surface area contributed by atoms with Crippen LogP contribution >= 0.6 is 0 Å². The number of nitrogens with two attached hydrogens (primary N) is 1. The molecule has 1 atom stereocenters. The third-order valence-corrected chi connectivity index (χ3v) is 2.84. The molecule has 13 heavy (non-hydrogen) atoms.